The summed E-state index contributed by atoms with van der Waals surface area (Å²) in [5, 5.41) is 0. The van der Waals surface area contributed by atoms with Gasteiger partial charge in [0.25, 0.3) is 0 Å². The van der Waals surface area contributed by atoms with Gasteiger partial charge in [-0.15, -0.1) is 0 Å². The minimum atomic E-state index is -0.0323. The Morgan fingerprint density at radius 1 is 1.33 bits per heavy atom. The molecule has 2 heterocycles. The van der Waals surface area contributed by atoms with Crippen molar-refractivity contribution in [3.63, 3.8) is 0 Å². The van der Waals surface area contributed by atoms with Gasteiger partial charge >= 0.3 is 0 Å². The molecule has 2 aromatic rings. The van der Waals surface area contributed by atoms with E-state index in [1.807, 2.05) is 49.1 Å². The minimum absolute atomic E-state index is 0.0323. The third-order valence-corrected chi connectivity index (χ3v) is 5.45. The van der Waals surface area contributed by atoms with Crippen molar-refractivity contribution in [3.05, 3.63) is 53.9 Å². The zero-order chi connectivity index (χ0) is 16.7. The number of rotatable bonds is 3. The zero-order valence-electron chi connectivity index (χ0n) is 14.2. The van der Waals surface area contributed by atoms with Crippen LogP contribution in [0.1, 0.15) is 31.0 Å². The lowest BCUT2D eigenvalue weighted by Gasteiger charge is -2.28. The molecule has 1 amide bonds. The first-order chi connectivity index (χ1) is 11.7. The monoisotopic (exact) mass is 322 g/mol. The molecule has 1 saturated carbocycles. The number of para-hydroxylation sites is 1. The number of carbonyl (C=O) groups is 1. The number of hydrogen-bond acceptors (Lipinski definition) is 3. The highest BCUT2D eigenvalue weighted by Crippen LogP contribution is 2.61. The number of anilines is 1. The molecule has 24 heavy (non-hydrogen) atoms. The Labute approximate surface area is 142 Å². The Hall–Kier alpha value is -2.36. The molecule has 1 aliphatic carbocycles. The third-order valence-electron chi connectivity index (χ3n) is 5.45. The quantitative estimate of drug-likeness (QED) is 0.869. The number of amides is 1. The summed E-state index contributed by atoms with van der Waals surface area (Å²) in [6.45, 7) is 5.34. The van der Waals surface area contributed by atoms with Crippen LogP contribution >= 0.6 is 0 Å². The normalized spacial score (nSPS) is 24.2. The van der Waals surface area contributed by atoms with Crippen molar-refractivity contribution in [1.29, 1.82) is 0 Å². The summed E-state index contributed by atoms with van der Waals surface area (Å²) in [6.07, 6.45) is 3.61. The van der Waals surface area contributed by atoms with Crippen molar-refractivity contribution >= 4 is 11.6 Å². The number of nitrogens with zero attached hydrogens (tertiary/aromatic N) is 2. The molecule has 1 spiro atoms. The molecule has 0 bridgehead atoms. The first-order valence-corrected chi connectivity index (χ1v) is 8.62. The lowest BCUT2D eigenvalue weighted by atomic mass is 9.87. The van der Waals surface area contributed by atoms with E-state index in [1.54, 1.807) is 6.20 Å². The number of pyridine rings is 1. The highest BCUT2D eigenvalue weighted by Gasteiger charge is 2.61. The molecule has 1 aliphatic heterocycles. The van der Waals surface area contributed by atoms with Crippen LogP contribution in [0.4, 0.5) is 5.69 Å². The molecule has 0 N–H and O–H groups in total. The SMILES string of the molecule is CCN(C(=O)[C@@H]1C[C@@]12CCOc1ccccc12)c1cccnc1C. The fourth-order valence-corrected chi connectivity index (χ4v) is 4.08. The number of aryl methyl sites for hydroxylation is 1. The average molecular weight is 322 g/mol. The highest BCUT2D eigenvalue weighted by atomic mass is 16.5. The van der Waals surface area contributed by atoms with Crippen LogP contribution in [0.5, 0.6) is 5.75 Å². The molecule has 0 unspecified atom stereocenters. The Bertz CT molecular complexity index is 789. The Kier molecular flexibility index (Phi) is 3.56. The second kappa shape index (κ2) is 5.62. The standard InChI is InChI=1S/C20H22N2O2/c1-3-22(17-8-6-11-21-14(17)2)19(23)16-13-20(16)10-12-24-18-9-5-4-7-15(18)20/h4-9,11,16H,3,10,12-13H2,1-2H3/t16-,20+/m0/s1. The van der Waals surface area contributed by atoms with Crippen molar-refractivity contribution in [1.82, 2.24) is 4.98 Å². The number of carbonyl (C=O) groups excluding carboxylic acids is 1. The Balaban J connectivity index is 1.65. The Morgan fingerprint density at radius 3 is 2.96 bits per heavy atom. The summed E-state index contributed by atoms with van der Waals surface area (Å²) in [5.74, 6) is 1.20. The average Bonchev–Trinajstić information content (AvgIpc) is 3.32. The summed E-state index contributed by atoms with van der Waals surface area (Å²) in [7, 11) is 0. The van der Waals surface area contributed by atoms with Crippen molar-refractivity contribution in [2.45, 2.75) is 32.1 Å². The van der Waals surface area contributed by atoms with E-state index in [1.165, 1.54) is 5.56 Å². The summed E-state index contributed by atoms with van der Waals surface area (Å²) >= 11 is 0. The van der Waals surface area contributed by atoms with Crippen LogP contribution in [-0.4, -0.2) is 24.0 Å². The highest BCUT2D eigenvalue weighted by molar-refractivity contribution is 5.98. The number of ether oxygens (including phenoxy) is 1. The van der Waals surface area contributed by atoms with Crippen molar-refractivity contribution in [3.8, 4) is 5.75 Å². The summed E-state index contributed by atoms with van der Waals surface area (Å²) in [6, 6.07) is 12.0. The topological polar surface area (TPSA) is 42.4 Å². The maximum Gasteiger partial charge on any atom is 0.231 e. The van der Waals surface area contributed by atoms with E-state index < -0.39 is 0 Å². The molecule has 0 saturated heterocycles. The molecule has 0 radical (unpaired) electrons. The third kappa shape index (κ3) is 2.20. The molecule has 1 fully saturated rings. The summed E-state index contributed by atoms with van der Waals surface area (Å²) in [4.78, 5) is 19.5. The van der Waals surface area contributed by atoms with E-state index in [-0.39, 0.29) is 17.2 Å². The van der Waals surface area contributed by atoms with E-state index >= 15 is 0 Å². The minimum Gasteiger partial charge on any atom is -0.493 e. The largest absolute Gasteiger partial charge is 0.493 e. The van der Waals surface area contributed by atoms with Gasteiger partial charge in [0.2, 0.25) is 5.91 Å². The number of benzene rings is 1. The van der Waals surface area contributed by atoms with Crippen LogP contribution in [0, 0.1) is 12.8 Å². The molecule has 1 aromatic carbocycles. The van der Waals surface area contributed by atoms with Gasteiger partial charge in [0.15, 0.2) is 0 Å². The van der Waals surface area contributed by atoms with Crippen molar-refractivity contribution < 1.29 is 9.53 Å². The predicted molar refractivity (Wildman–Crippen MR) is 93.3 cm³/mol. The van der Waals surface area contributed by atoms with E-state index in [4.69, 9.17) is 4.74 Å². The predicted octanol–water partition coefficient (Wildman–Crippen LogP) is 3.48. The van der Waals surface area contributed by atoms with E-state index in [0.717, 1.165) is 30.0 Å². The molecule has 4 heteroatoms. The van der Waals surface area contributed by atoms with Gasteiger partial charge in [-0.3, -0.25) is 9.78 Å². The van der Waals surface area contributed by atoms with Crippen molar-refractivity contribution in [2.24, 2.45) is 5.92 Å². The molecule has 2 aliphatic rings. The molecular weight excluding hydrogens is 300 g/mol. The fourth-order valence-electron chi connectivity index (χ4n) is 4.08. The maximum atomic E-state index is 13.2. The molecular formula is C20H22N2O2. The summed E-state index contributed by atoms with van der Waals surface area (Å²) < 4.78 is 5.78. The molecule has 4 nitrogen and oxygen atoms in total. The number of aromatic nitrogens is 1. The van der Waals surface area contributed by atoms with Gasteiger partial charge in [0.05, 0.1) is 18.0 Å². The number of fused-ring (bicyclic) bond motifs is 2. The smallest absolute Gasteiger partial charge is 0.231 e. The van der Waals surface area contributed by atoms with E-state index in [0.29, 0.717) is 13.2 Å². The van der Waals surface area contributed by atoms with Gasteiger partial charge < -0.3 is 9.64 Å². The maximum absolute atomic E-state index is 13.2. The zero-order valence-corrected chi connectivity index (χ0v) is 14.2. The van der Waals surface area contributed by atoms with Crippen LogP contribution in [0.15, 0.2) is 42.6 Å². The van der Waals surface area contributed by atoms with Gasteiger partial charge in [-0.2, -0.15) is 0 Å². The van der Waals surface area contributed by atoms with Gasteiger partial charge in [-0.1, -0.05) is 18.2 Å². The molecule has 4 rings (SSSR count). The van der Waals surface area contributed by atoms with Crippen LogP contribution in [0.2, 0.25) is 0 Å². The first-order valence-electron chi connectivity index (χ1n) is 8.62. The second-order valence-corrected chi connectivity index (χ2v) is 6.70. The van der Waals surface area contributed by atoms with Crippen LogP contribution in [0.3, 0.4) is 0 Å². The van der Waals surface area contributed by atoms with Crippen molar-refractivity contribution in [2.75, 3.05) is 18.1 Å². The summed E-state index contributed by atoms with van der Waals surface area (Å²) in [5.41, 5.74) is 2.99. The Morgan fingerprint density at radius 2 is 2.17 bits per heavy atom. The van der Waals surface area contributed by atoms with Gasteiger partial charge in [-0.25, -0.2) is 0 Å². The fraction of sp³-hybridized carbons (Fsp3) is 0.400. The van der Waals surface area contributed by atoms with Crippen LogP contribution in [0.25, 0.3) is 0 Å². The second-order valence-electron chi connectivity index (χ2n) is 6.70. The number of hydrogen-bond donors (Lipinski definition) is 0. The van der Waals surface area contributed by atoms with Gasteiger partial charge in [0, 0.05) is 29.6 Å². The molecule has 124 valence electrons. The first kappa shape index (κ1) is 15.2. The lowest BCUT2D eigenvalue weighted by Crippen LogP contribution is -2.36. The van der Waals surface area contributed by atoms with Crippen LogP contribution in [-0.2, 0) is 10.2 Å². The molecule has 2 atom stereocenters. The van der Waals surface area contributed by atoms with Crippen LogP contribution < -0.4 is 9.64 Å². The lowest BCUT2D eigenvalue weighted by molar-refractivity contribution is -0.120. The molecule has 1 aromatic heterocycles. The van der Waals surface area contributed by atoms with E-state index in [2.05, 4.69) is 11.1 Å². The van der Waals surface area contributed by atoms with Gasteiger partial charge in [-0.05, 0) is 44.9 Å². The van der Waals surface area contributed by atoms with Gasteiger partial charge in [0.1, 0.15) is 5.75 Å². The van der Waals surface area contributed by atoms with E-state index in [9.17, 15) is 4.79 Å².